The van der Waals surface area contributed by atoms with Crippen LogP contribution < -0.4 is 0 Å². The van der Waals surface area contributed by atoms with Crippen LogP contribution in [-0.4, -0.2) is 24.8 Å². The van der Waals surface area contributed by atoms with E-state index in [0.29, 0.717) is 13.0 Å². The summed E-state index contributed by atoms with van der Waals surface area (Å²) in [5.41, 5.74) is 0. The average molecular weight is 266 g/mol. The molecular weight excluding hydrogens is 240 g/mol. The Bertz CT molecular complexity index is 293. The smallest absolute Gasteiger partial charge is 0.306 e. The molecule has 0 aromatic rings. The third kappa shape index (κ3) is 6.63. The van der Waals surface area contributed by atoms with Crippen LogP contribution in [0.2, 0.25) is 0 Å². The first-order valence-corrected chi connectivity index (χ1v) is 7.55. The Kier molecular flexibility index (Phi) is 8.33. The van der Waals surface area contributed by atoms with Gasteiger partial charge in [-0.05, 0) is 6.42 Å². The summed E-state index contributed by atoms with van der Waals surface area (Å²) < 4.78 is 10.6. The van der Waals surface area contributed by atoms with Gasteiger partial charge in [-0.15, -0.1) is 6.42 Å². The second-order valence-electron chi connectivity index (χ2n) is 5.15. The zero-order valence-electron chi connectivity index (χ0n) is 12.0. The Hall–Kier alpha value is -1.01. The van der Waals surface area contributed by atoms with Gasteiger partial charge < -0.3 is 9.47 Å². The summed E-state index contributed by atoms with van der Waals surface area (Å²) in [5.74, 6) is 2.38. The molecule has 19 heavy (non-hydrogen) atoms. The number of ether oxygens (including phenoxy) is 2. The second kappa shape index (κ2) is 9.86. The van der Waals surface area contributed by atoms with Gasteiger partial charge in [-0.25, -0.2) is 0 Å². The molecule has 0 aromatic heterocycles. The van der Waals surface area contributed by atoms with E-state index in [1.807, 2.05) is 0 Å². The zero-order chi connectivity index (χ0) is 13.9. The fraction of sp³-hybridized carbons (Fsp3) is 0.812. The summed E-state index contributed by atoms with van der Waals surface area (Å²) in [5, 5.41) is 0. The fourth-order valence-electron chi connectivity index (χ4n) is 2.30. The van der Waals surface area contributed by atoms with Crippen LogP contribution in [0.5, 0.6) is 0 Å². The van der Waals surface area contributed by atoms with E-state index in [2.05, 4.69) is 12.8 Å². The van der Waals surface area contributed by atoms with Crippen LogP contribution in [0, 0.1) is 12.3 Å². The molecule has 3 nitrogen and oxygen atoms in total. The number of hydrogen-bond donors (Lipinski definition) is 0. The third-order valence-electron chi connectivity index (χ3n) is 3.47. The van der Waals surface area contributed by atoms with Gasteiger partial charge in [0.1, 0.15) is 6.10 Å². The first-order chi connectivity index (χ1) is 9.27. The lowest BCUT2D eigenvalue weighted by Gasteiger charge is -2.14. The number of terminal acetylenes is 1. The largest absolute Gasteiger partial charge is 0.458 e. The maximum Gasteiger partial charge on any atom is 0.306 e. The first kappa shape index (κ1) is 16.0. The fourth-order valence-corrected chi connectivity index (χ4v) is 2.30. The summed E-state index contributed by atoms with van der Waals surface area (Å²) in [6.45, 7) is 2.80. The number of hydrogen-bond acceptors (Lipinski definition) is 3. The van der Waals surface area contributed by atoms with Gasteiger partial charge in [-0.1, -0.05) is 51.4 Å². The Labute approximate surface area is 117 Å². The van der Waals surface area contributed by atoms with Gasteiger partial charge in [-0.3, -0.25) is 4.79 Å². The molecule has 0 bridgehead atoms. The lowest BCUT2D eigenvalue weighted by Crippen LogP contribution is -2.25. The predicted octanol–water partition coefficient (Wildman–Crippen LogP) is 3.46. The molecule has 0 aromatic carbocycles. The molecule has 1 rings (SSSR count). The van der Waals surface area contributed by atoms with Crippen LogP contribution in [-0.2, 0) is 14.3 Å². The molecule has 0 N–H and O–H groups in total. The Morgan fingerprint density at radius 3 is 2.63 bits per heavy atom. The Morgan fingerprint density at radius 2 is 1.95 bits per heavy atom. The van der Waals surface area contributed by atoms with Crippen molar-refractivity contribution in [3.05, 3.63) is 0 Å². The summed E-state index contributed by atoms with van der Waals surface area (Å²) in [7, 11) is 0. The molecule has 1 aliphatic heterocycles. The van der Waals surface area contributed by atoms with E-state index >= 15 is 0 Å². The molecule has 108 valence electrons. The minimum atomic E-state index is -0.349. The van der Waals surface area contributed by atoms with Gasteiger partial charge in [0.2, 0.25) is 0 Å². The van der Waals surface area contributed by atoms with Crippen molar-refractivity contribution >= 4 is 5.97 Å². The monoisotopic (exact) mass is 266 g/mol. The molecule has 0 aliphatic carbocycles. The van der Waals surface area contributed by atoms with Crippen molar-refractivity contribution in [3.8, 4) is 12.3 Å². The Morgan fingerprint density at radius 1 is 1.26 bits per heavy atom. The van der Waals surface area contributed by atoms with E-state index in [4.69, 9.17) is 15.9 Å². The van der Waals surface area contributed by atoms with Crippen LogP contribution >= 0.6 is 0 Å². The lowest BCUT2D eigenvalue weighted by atomic mass is 10.1. The van der Waals surface area contributed by atoms with Crippen LogP contribution in [0.4, 0.5) is 0 Å². The standard InChI is InChI=1S/C16H26O3/c1-3-5-6-7-8-9-10-11-16(17)19-15-12-13-18-14(15)4-2/h2,14-15H,3,5-13H2,1H3. The highest BCUT2D eigenvalue weighted by molar-refractivity contribution is 5.69. The predicted molar refractivity (Wildman–Crippen MR) is 75.7 cm³/mol. The van der Waals surface area contributed by atoms with Crippen molar-refractivity contribution in [3.63, 3.8) is 0 Å². The van der Waals surface area contributed by atoms with Crippen LogP contribution in [0.15, 0.2) is 0 Å². The minimum Gasteiger partial charge on any atom is -0.458 e. The highest BCUT2D eigenvalue weighted by atomic mass is 16.6. The molecule has 0 amide bonds. The molecule has 1 fully saturated rings. The van der Waals surface area contributed by atoms with Gasteiger partial charge in [0.05, 0.1) is 6.61 Å². The summed E-state index contributed by atoms with van der Waals surface area (Å²) in [6, 6.07) is 0. The summed E-state index contributed by atoms with van der Waals surface area (Å²) >= 11 is 0. The van der Waals surface area contributed by atoms with Gasteiger partial charge in [-0.2, -0.15) is 0 Å². The molecule has 3 heteroatoms. The number of esters is 1. The number of rotatable bonds is 9. The SMILES string of the molecule is C#CC1OCCC1OC(=O)CCCCCCCCC. The molecule has 0 saturated carbocycles. The summed E-state index contributed by atoms with van der Waals surface area (Å²) in [4.78, 5) is 11.6. The van der Waals surface area contributed by atoms with E-state index in [1.54, 1.807) is 0 Å². The number of carbonyl (C=O) groups excluding carboxylic acids is 1. The quantitative estimate of drug-likeness (QED) is 0.364. The van der Waals surface area contributed by atoms with Crippen LogP contribution in [0.3, 0.4) is 0 Å². The number of carbonyl (C=O) groups is 1. The third-order valence-corrected chi connectivity index (χ3v) is 3.47. The van der Waals surface area contributed by atoms with Crippen LogP contribution in [0.25, 0.3) is 0 Å². The van der Waals surface area contributed by atoms with Crippen molar-refractivity contribution in [2.75, 3.05) is 6.61 Å². The number of unbranched alkanes of at least 4 members (excludes halogenated alkanes) is 6. The van der Waals surface area contributed by atoms with Gasteiger partial charge in [0.25, 0.3) is 0 Å². The van der Waals surface area contributed by atoms with Crippen molar-refractivity contribution in [1.82, 2.24) is 0 Å². The minimum absolute atomic E-state index is 0.135. The van der Waals surface area contributed by atoms with Crippen molar-refractivity contribution in [1.29, 1.82) is 0 Å². The van der Waals surface area contributed by atoms with Crippen LogP contribution in [0.1, 0.15) is 64.7 Å². The van der Waals surface area contributed by atoms with E-state index in [-0.39, 0.29) is 18.2 Å². The van der Waals surface area contributed by atoms with E-state index in [0.717, 1.165) is 19.3 Å². The van der Waals surface area contributed by atoms with Crippen molar-refractivity contribution in [2.45, 2.75) is 76.9 Å². The topological polar surface area (TPSA) is 35.5 Å². The van der Waals surface area contributed by atoms with Crippen molar-refractivity contribution in [2.24, 2.45) is 0 Å². The molecule has 1 aliphatic rings. The van der Waals surface area contributed by atoms with E-state index < -0.39 is 0 Å². The highest BCUT2D eigenvalue weighted by Gasteiger charge is 2.29. The summed E-state index contributed by atoms with van der Waals surface area (Å²) in [6.07, 6.45) is 14.4. The Balaban J connectivity index is 2.01. The average Bonchev–Trinajstić information content (AvgIpc) is 2.85. The zero-order valence-corrected chi connectivity index (χ0v) is 12.0. The molecule has 2 atom stereocenters. The normalized spacial score (nSPS) is 22.1. The molecular formula is C16H26O3. The lowest BCUT2D eigenvalue weighted by molar-refractivity contribution is -0.150. The van der Waals surface area contributed by atoms with E-state index in [1.165, 1.54) is 32.1 Å². The van der Waals surface area contributed by atoms with Gasteiger partial charge in [0.15, 0.2) is 6.10 Å². The van der Waals surface area contributed by atoms with E-state index in [9.17, 15) is 4.79 Å². The van der Waals surface area contributed by atoms with Crippen molar-refractivity contribution < 1.29 is 14.3 Å². The first-order valence-electron chi connectivity index (χ1n) is 7.55. The molecule has 1 heterocycles. The maximum absolute atomic E-state index is 11.6. The second-order valence-corrected chi connectivity index (χ2v) is 5.15. The maximum atomic E-state index is 11.6. The highest BCUT2D eigenvalue weighted by Crippen LogP contribution is 2.17. The molecule has 2 unspecified atom stereocenters. The molecule has 0 radical (unpaired) electrons. The molecule has 1 saturated heterocycles. The van der Waals surface area contributed by atoms with Gasteiger partial charge in [0, 0.05) is 12.8 Å². The molecule has 0 spiro atoms. The van der Waals surface area contributed by atoms with Gasteiger partial charge >= 0.3 is 5.97 Å².